The van der Waals surface area contributed by atoms with Crippen LogP contribution in [0, 0.1) is 0 Å². The predicted octanol–water partition coefficient (Wildman–Crippen LogP) is 1.22. The number of amides is 1. The highest BCUT2D eigenvalue weighted by atomic mass is 32.1. The third-order valence-electron chi connectivity index (χ3n) is 3.81. The highest BCUT2D eigenvalue weighted by Crippen LogP contribution is 2.35. The third kappa shape index (κ3) is 3.73. The number of imidazole rings is 1. The number of carbonyl (C=O) groups is 1. The second kappa shape index (κ2) is 7.22. The van der Waals surface area contributed by atoms with Gasteiger partial charge in [0.1, 0.15) is 18.5 Å². The van der Waals surface area contributed by atoms with Gasteiger partial charge in [-0.15, -0.1) is 11.3 Å². The van der Waals surface area contributed by atoms with Crippen LogP contribution in [0.2, 0.25) is 0 Å². The van der Waals surface area contributed by atoms with Crippen LogP contribution in [0.25, 0.3) is 4.96 Å². The minimum atomic E-state index is -0.824. The van der Waals surface area contributed by atoms with E-state index in [2.05, 4.69) is 10.3 Å². The number of nitrogens with zero attached hydrogens (tertiary/aromatic N) is 2. The Kier molecular flexibility index (Phi) is 4.63. The number of nitrogens with one attached hydrogen (secondary N) is 1. The fraction of sp³-hybridized carbons (Fsp3) is 0.294. The molecule has 136 valence electrons. The highest BCUT2D eigenvalue weighted by molar-refractivity contribution is 7.15. The topological polar surface area (TPSA) is 94.3 Å². The van der Waals surface area contributed by atoms with Crippen LogP contribution in [-0.2, 0) is 11.2 Å². The van der Waals surface area contributed by atoms with E-state index in [-0.39, 0.29) is 32.3 Å². The lowest BCUT2D eigenvalue weighted by molar-refractivity contribution is -0.121. The Morgan fingerprint density at radius 1 is 1.42 bits per heavy atom. The lowest BCUT2D eigenvalue weighted by Crippen LogP contribution is -2.36. The first-order valence-electron chi connectivity index (χ1n) is 8.05. The molecular weight excluding hydrogens is 358 g/mol. The number of hydrogen-bond donors (Lipinski definition) is 2. The van der Waals surface area contributed by atoms with Gasteiger partial charge in [-0.05, 0) is 12.1 Å². The lowest BCUT2D eigenvalue weighted by atomic mass is 10.3. The number of carbonyl (C=O) groups excluding carboxylic acids is 1. The van der Waals surface area contributed by atoms with Crippen LogP contribution in [0.1, 0.15) is 5.69 Å². The van der Waals surface area contributed by atoms with E-state index in [4.69, 9.17) is 14.2 Å². The Morgan fingerprint density at radius 3 is 3.19 bits per heavy atom. The molecule has 0 saturated heterocycles. The van der Waals surface area contributed by atoms with Gasteiger partial charge < -0.3 is 24.6 Å². The standard InChI is InChI=1S/C17H17N3O5S/c21-12(9-23-13-1-2-14-15(6-13)25-10-24-14)7-18-16(22)5-11-8-20-3-4-26-17(20)19-11/h1-4,6,8,12,21H,5,7,9-10H2,(H,18,22). The Hall–Kier alpha value is -2.78. The van der Waals surface area contributed by atoms with Crippen LogP contribution < -0.4 is 19.5 Å². The van der Waals surface area contributed by atoms with Gasteiger partial charge in [-0.3, -0.25) is 9.20 Å². The smallest absolute Gasteiger partial charge is 0.231 e. The minimum absolute atomic E-state index is 0.0557. The Morgan fingerprint density at radius 2 is 2.31 bits per heavy atom. The van der Waals surface area contributed by atoms with E-state index in [1.165, 1.54) is 11.3 Å². The molecule has 0 radical (unpaired) electrons. The quantitative estimate of drug-likeness (QED) is 0.645. The third-order valence-corrected chi connectivity index (χ3v) is 4.58. The molecule has 26 heavy (non-hydrogen) atoms. The van der Waals surface area contributed by atoms with Crippen LogP contribution >= 0.6 is 11.3 Å². The average Bonchev–Trinajstić information content (AvgIpc) is 3.33. The summed E-state index contributed by atoms with van der Waals surface area (Å²) in [6, 6.07) is 5.20. The number of aliphatic hydroxyl groups excluding tert-OH is 1. The fourth-order valence-electron chi connectivity index (χ4n) is 2.54. The summed E-state index contributed by atoms with van der Waals surface area (Å²) in [7, 11) is 0. The van der Waals surface area contributed by atoms with Crippen molar-refractivity contribution < 1.29 is 24.1 Å². The maximum atomic E-state index is 12.0. The number of benzene rings is 1. The van der Waals surface area contributed by atoms with E-state index in [1.54, 1.807) is 18.2 Å². The molecule has 1 amide bonds. The van der Waals surface area contributed by atoms with Gasteiger partial charge >= 0.3 is 0 Å². The van der Waals surface area contributed by atoms with Gasteiger partial charge in [0.15, 0.2) is 16.5 Å². The number of aromatic nitrogens is 2. The SMILES string of the molecule is O=C(Cc1cn2ccsc2n1)NCC(O)COc1ccc2c(c1)OCO2. The lowest BCUT2D eigenvalue weighted by Gasteiger charge is -2.13. The van der Waals surface area contributed by atoms with Gasteiger partial charge in [0, 0.05) is 30.4 Å². The van der Waals surface area contributed by atoms with Crippen molar-refractivity contribution >= 4 is 22.2 Å². The van der Waals surface area contributed by atoms with E-state index >= 15 is 0 Å². The van der Waals surface area contributed by atoms with Crippen LogP contribution in [0.3, 0.4) is 0 Å². The first kappa shape index (κ1) is 16.7. The Balaban J connectivity index is 1.21. The Bertz CT molecular complexity index is 894. The van der Waals surface area contributed by atoms with Gasteiger partial charge in [0.25, 0.3) is 0 Å². The summed E-state index contributed by atoms with van der Waals surface area (Å²) >= 11 is 1.51. The molecule has 1 atom stereocenters. The van der Waals surface area contributed by atoms with Crippen molar-refractivity contribution in [2.24, 2.45) is 0 Å². The van der Waals surface area contributed by atoms with Crippen molar-refractivity contribution in [2.75, 3.05) is 19.9 Å². The van der Waals surface area contributed by atoms with Crippen molar-refractivity contribution in [3.8, 4) is 17.2 Å². The second-order valence-electron chi connectivity index (χ2n) is 5.79. The van der Waals surface area contributed by atoms with Crippen molar-refractivity contribution in [1.82, 2.24) is 14.7 Å². The first-order valence-corrected chi connectivity index (χ1v) is 8.93. The number of aliphatic hydroxyl groups is 1. The molecule has 8 nitrogen and oxygen atoms in total. The highest BCUT2D eigenvalue weighted by Gasteiger charge is 2.15. The summed E-state index contributed by atoms with van der Waals surface area (Å²) in [6.07, 6.45) is 3.07. The molecule has 0 fully saturated rings. The number of hydrogen-bond acceptors (Lipinski definition) is 7. The van der Waals surface area contributed by atoms with E-state index in [9.17, 15) is 9.90 Å². The zero-order valence-corrected chi connectivity index (χ0v) is 14.6. The van der Waals surface area contributed by atoms with Gasteiger partial charge in [0.2, 0.25) is 12.7 Å². The Labute approximate surface area is 152 Å². The summed E-state index contributed by atoms with van der Waals surface area (Å²) in [5.74, 6) is 1.66. The predicted molar refractivity (Wildman–Crippen MR) is 93.8 cm³/mol. The van der Waals surface area contributed by atoms with Crippen LogP contribution in [0.15, 0.2) is 36.0 Å². The molecule has 9 heteroatoms. The van der Waals surface area contributed by atoms with E-state index in [0.29, 0.717) is 22.9 Å². The molecule has 2 aromatic heterocycles. The van der Waals surface area contributed by atoms with Crippen molar-refractivity contribution in [3.05, 3.63) is 41.7 Å². The minimum Gasteiger partial charge on any atom is -0.491 e. The van der Waals surface area contributed by atoms with E-state index < -0.39 is 6.10 Å². The largest absolute Gasteiger partial charge is 0.491 e. The molecular formula is C17H17N3O5S. The molecule has 1 unspecified atom stereocenters. The van der Waals surface area contributed by atoms with Crippen LogP contribution in [-0.4, -0.2) is 46.4 Å². The zero-order valence-electron chi connectivity index (χ0n) is 13.8. The maximum Gasteiger partial charge on any atom is 0.231 e. The van der Waals surface area contributed by atoms with Crippen molar-refractivity contribution in [2.45, 2.75) is 12.5 Å². The van der Waals surface area contributed by atoms with E-state index in [0.717, 1.165) is 4.96 Å². The van der Waals surface area contributed by atoms with Crippen molar-refractivity contribution in [3.63, 3.8) is 0 Å². The molecule has 1 aliphatic rings. The van der Waals surface area contributed by atoms with Crippen molar-refractivity contribution in [1.29, 1.82) is 0 Å². The molecule has 1 aliphatic heterocycles. The number of rotatable bonds is 7. The molecule has 3 aromatic rings. The monoisotopic (exact) mass is 375 g/mol. The summed E-state index contributed by atoms with van der Waals surface area (Å²) < 4.78 is 17.9. The summed E-state index contributed by atoms with van der Waals surface area (Å²) in [5, 5.41) is 14.6. The molecule has 0 aliphatic carbocycles. The summed E-state index contributed by atoms with van der Waals surface area (Å²) in [6.45, 7) is 0.355. The van der Waals surface area contributed by atoms with Gasteiger partial charge in [-0.2, -0.15) is 0 Å². The van der Waals surface area contributed by atoms with Gasteiger partial charge in [0.05, 0.1) is 12.1 Å². The molecule has 4 rings (SSSR count). The molecule has 0 spiro atoms. The first-order chi connectivity index (χ1) is 12.7. The van der Waals surface area contributed by atoms with Gasteiger partial charge in [-0.1, -0.05) is 0 Å². The normalized spacial score (nSPS) is 13.7. The van der Waals surface area contributed by atoms with Crippen LogP contribution in [0.4, 0.5) is 0 Å². The molecule has 2 N–H and O–H groups in total. The zero-order chi connectivity index (χ0) is 17.9. The van der Waals surface area contributed by atoms with Crippen LogP contribution in [0.5, 0.6) is 17.2 Å². The molecule has 3 heterocycles. The van der Waals surface area contributed by atoms with E-state index in [1.807, 2.05) is 22.2 Å². The number of thiazole rings is 1. The molecule has 0 bridgehead atoms. The number of ether oxygens (including phenoxy) is 3. The molecule has 0 saturated carbocycles. The summed E-state index contributed by atoms with van der Waals surface area (Å²) in [5.41, 5.74) is 0.695. The average molecular weight is 375 g/mol. The van der Waals surface area contributed by atoms with Gasteiger partial charge in [-0.25, -0.2) is 4.98 Å². The molecule has 1 aromatic carbocycles. The maximum absolute atomic E-state index is 12.0. The fourth-order valence-corrected chi connectivity index (χ4v) is 3.26. The number of fused-ring (bicyclic) bond motifs is 2. The summed E-state index contributed by atoms with van der Waals surface area (Å²) in [4.78, 5) is 17.2. The second-order valence-corrected chi connectivity index (χ2v) is 6.66.